The van der Waals surface area contributed by atoms with E-state index in [-0.39, 0.29) is 11.3 Å². The number of hydrogen-bond donors (Lipinski definition) is 2. The van der Waals surface area contributed by atoms with E-state index in [1.165, 1.54) is 63.5 Å². The monoisotopic (exact) mass is 347 g/mol. The molecular formula is C21H33NO3. The van der Waals surface area contributed by atoms with Crippen LogP contribution in [0.4, 0.5) is 5.69 Å². The van der Waals surface area contributed by atoms with Crippen molar-refractivity contribution in [3.05, 3.63) is 29.8 Å². The normalized spacial score (nSPS) is 10.6. The maximum Gasteiger partial charge on any atom is 0.335 e. The molecule has 0 saturated heterocycles. The number of Topliss-reactive ketones (excluding diaryl/α,β-unsaturated/α-hetero) is 1. The first-order valence-electron chi connectivity index (χ1n) is 9.72. The Balaban J connectivity index is 1.99. The molecule has 0 unspecified atom stereocenters. The molecule has 0 heterocycles. The molecule has 1 rings (SSSR count). The van der Waals surface area contributed by atoms with E-state index in [4.69, 9.17) is 5.11 Å². The van der Waals surface area contributed by atoms with Gasteiger partial charge in [0.2, 0.25) is 0 Å². The molecule has 0 aromatic heterocycles. The lowest BCUT2D eigenvalue weighted by Crippen LogP contribution is -2.13. The van der Waals surface area contributed by atoms with Crippen LogP contribution in [0.1, 0.15) is 87.9 Å². The minimum Gasteiger partial charge on any atom is -0.478 e. The largest absolute Gasteiger partial charge is 0.478 e. The lowest BCUT2D eigenvalue weighted by atomic mass is 10.0. The molecule has 0 aliphatic carbocycles. The molecule has 140 valence electrons. The molecule has 4 nitrogen and oxygen atoms in total. The summed E-state index contributed by atoms with van der Waals surface area (Å²) in [6.07, 6.45) is 13.3. The molecule has 0 aliphatic rings. The highest BCUT2D eigenvalue weighted by atomic mass is 16.4. The molecule has 0 amide bonds. The van der Waals surface area contributed by atoms with Crippen LogP contribution in [-0.2, 0) is 4.79 Å². The fourth-order valence-electron chi connectivity index (χ4n) is 2.83. The minimum atomic E-state index is -0.941. The Labute approximate surface area is 152 Å². The summed E-state index contributed by atoms with van der Waals surface area (Å²) in [6.45, 7) is 2.55. The minimum absolute atomic E-state index is 0.210. The Hall–Kier alpha value is -1.84. The molecule has 0 fully saturated rings. The molecule has 1 aromatic carbocycles. The molecule has 0 saturated carbocycles. The van der Waals surface area contributed by atoms with E-state index in [9.17, 15) is 9.59 Å². The van der Waals surface area contributed by atoms with Gasteiger partial charge in [0.15, 0.2) is 5.78 Å². The van der Waals surface area contributed by atoms with Crippen LogP contribution in [0.2, 0.25) is 0 Å². The lowest BCUT2D eigenvalue weighted by molar-refractivity contribution is -0.117. The van der Waals surface area contributed by atoms with E-state index in [1.807, 2.05) is 0 Å². The van der Waals surface area contributed by atoms with Gasteiger partial charge in [-0.1, -0.05) is 64.7 Å². The van der Waals surface area contributed by atoms with Crippen molar-refractivity contribution < 1.29 is 14.7 Å². The number of rotatable bonds is 15. The van der Waals surface area contributed by atoms with Crippen LogP contribution in [0.5, 0.6) is 0 Å². The maximum atomic E-state index is 11.9. The molecule has 2 N–H and O–H groups in total. The van der Waals surface area contributed by atoms with Crippen molar-refractivity contribution in [2.45, 2.75) is 77.6 Å². The maximum absolute atomic E-state index is 11.9. The zero-order chi connectivity index (χ0) is 18.3. The number of carbonyl (C=O) groups is 2. The smallest absolute Gasteiger partial charge is 0.335 e. The Kier molecular flexibility index (Phi) is 11.4. The predicted octanol–water partition coefficient (Wildman–Crippen LogP) is 5.68. The van der Waals surface area contributed by atoms with Gasteiger partial charge >= 0.3 is 5.97 Å². The van der Waals surface area contributed by atoms with E-state index in [2.05, 4.69) is 12.2 Å². The number of carbonyl (C=O) groups excluding carboxylic acids is 1. The van der Waals surface area contributed by atoms with Crippen molar-refractivity contribution in [1.82, 2.24) is 0 Å². The SMILES string of the molecule is CCCCCCCCCCCCC(=O)CNc1ccc(C(=O)O)cc1. The Morgan fingerprint density at radius 3 is 1.88 bits per heavy atom. The van der Waals surface area contributed by atoms with Gasteiger partial charge < -0.3 is 10.4 Å². The molecule has 0 atom stereocenters. The van der Waals surface area contributed by atoms with Gasteiger partial charge in [-0.3, -0.25) is 4.79 Å². The van der Waals surface area contributed by atoms with E-state index in [1.54, 1.807) is 12.1 Å². The highest BCUT2D eigenvalue weighted by Gasteiger charge is 2.04. The molecule has 4 heteroatoms. The number of ketones is 1. The van der Waals surface area contributed by atoms with E-state index >= 15 is 0 Å². The average Bonchev–Trinajstić information content (AvgIpc) is 2.62. The number of unbranched alkanes of at least 4 members (excludes halogenated alkanes) is 9. The van der Waals surface area contributed by atoms with Crippen LogP contribution in [0.25, 0.3) is 0 Å². The van der Waals surface area contributed by atoms with E-state index in [0.717, 1.165) is 18.5 Å². The quantitative estimate of drug-likeness (QED) is 0.401. The van der Waals surface area contributed by atoms with Gasteiger partial charge in [-0.15, -0.1) is 0 Å². The van der Waals surface area contributed by atoms with Gasteiger partial charge in [-0.2, -0.15) is 0 Å². The number of benzene rings is 1. The summed E-state index contributed by atoms with van der Waals surface area (Å²) < 4.78 is 0. The third-order valence-corrected chi connectivity index (χ3v) is 4.43. The topological polar surface area (TPSA) is 66.4 Å². The molecule has 1 aromatic rings. The van der Waals surface area contributed by atoms with Crippen molar-refractivity contribution in [1.29, 1.82) is 0 Å². The van der Waals surface area contributed by atoms with Crippen molar-refractivity contribution >= 4 is 17.4 Å². The summed E-state index contributed by atoms with van der Waals surface area (Å²) in [5.74, 6) is -0.731. The Bertz CT molecular complexity index is 496. The number of anilines is 1. The summed E-state index contributed by atoms with van der Waals surface area (Å²) in [5, 5.41) is 11.9. The van der Waals surface area contributed by atoms with Gasteiger partial charge in [0.25, 0.3) is 0 Å². The van der Waals surface area contributed by atoms with Gasteiger partial charge in [0, 0.05) is 12.1 Å². The summed E-state index contributed by atoms with van der Waals surface area (Å²) in [5.41, 5.74) is 1.03. The standard InChI is InChI=1S/C21H33NO3/c1-2-3-4-5-6-7-8-9-10-11-12-20(23)17-22-19-15-13-18(14-16-19)21(24)25/h13-16,22H,2-12,17H2,1H3,(H,24,25). The number of nitrogens with one attached hydrogen (secondary N) is 1. The van der Waals surface area contributed by atoms with E-state index < -0.39 is 5.97 Å². The number of carboxylic acid groups (broad SMARTS) is 1. The molecule has 0 radical (unpaired) electrons. The lowest BCUT2D eigenvalue weighted by Gasteiger charge is -2.06. The first kappa shape index (κ1) is 21.2. The van der Waals surface area contributed by atoms with Crippen LogP contribution in [0.3, 0.4) is 0 Å². The highest BCUT2D eigenvalue weighted by Crippen LogP contribution is 2.12. The second kappa shape index (κ2) is 13.5. The summed E-state index contributed by atoms with van der Waals surface area (Å²) in [7, 11) is 0. The van der Waals surface area contributed by atoms with E-state index in [0.29, 0.717) is 13.0 Å². The third kappa shape index (κ3) is 10.6. The number of hydrogen-bond acceptors (Lipinski definition) is 3. The van der Waals surface area contributed by atoms with Crippen molar-refractivity contribution in [2.24, 2.45) is 0 Å². The number of aromatic carboxylic acids is 1. The average molecular weight is 347 g/mol. The van der Waals surface area contributed by atoms with Gasteiger partial charge in [0.05, 0.1) is 12.1 Å². The first-order chi connectivity index (χ1) is 12.1. The second-order valence-electron chi connectivity index (χ2n) is 6.71. The third-order valence-electron chi connectivity index (χ3n) is 4.43. The van der Waals surface area contributed by atoms with Gasteiger partial charge in [-0.25, -0.2) is 4.79 Å². The fourth-order valence-corrected chi connectivity index (χ4v) is 2.83. The summed E-state index contributed by atoms with van der Waals surface area (Å²) >= 11 is 0. The molecule has 0 aliphatic heterocycles. The Morgan fingerprint density at radius 1 is 0.840 bits per heavy atom. The molecule has 25 heavy (non-hydrogen) atoms. The second-order valence-corrected chi connectivity index (χ2v) is 6.71. The number of carboxylic acids is 1. The molecule has 0 spiro atoms. The van der Waals surface area contributed by atoms with Crippen molar-refractivity contribution in [3.63, 3.8) is 0 Å². The van der Waals surface area contributed by atoms with Crippen LogP contribution < -0.4 is 5.32 Å². The highest BCUT2D eigenvalue weighted by molar-refractivity contribution is 5.88. The van der Waals surface area contributed by atoms with Gasteiger partial charge in [0.1, 0.15) is 0 Å². The van der Waals surface area contributed by atoms with Crippen molar-refractivity contribution in [3.8, 4) is 0 Å². The van der Waals surface area contributed by atoms with Crippen LogP contribution in [-0.4, -0.2) is 23.4 Å². The molecular weight excluding hydrogens is 314 g/mol. The van der Waals surface area contributed by atoms with Crippen molar-refractivity contribution in [2.75, 3.05) is 11.9 Å². The van der Waals surface area contributed by atoms with Crippen LogP contribution in [0.15, 0.2) is 24.3 Å². The summed E-state index contributed by atoms with van der Waals surface area (Å²) in [4.78, 5) is 22.6. The Morgan fingerprint density at radius 2 is 1.36 bits per heavy atom. The fraction of sp³-hybridized carbons (Fsp3) is 0.619. The predicted molar refractivity (Wildman–Crippen MR) is 103 cm³/mol. The summed E-state index contributed by atoms with van der Waals surface area (Å²) in [6, 6.07) is 6.46. The van der Waals surface area contributed by atoms with Crippen LogP contribution >= 0.6 is 0 Å². The van der Waals surface area contributed by atoms with Crippen LogP contribution in [0, 0.1) is 0 Å². The molecule has 0 bridgehead atoms. The zero-order valence-corrected chi connectivity index (χ0v) is 15.6. The first-order valence-corrected chi connectivity index (χ1v) is 9.72. The van der Waals surface area contributed by atoms with Gasteiger partial charge in [-0.05, 0) is 30.7 Å². The zero-order valence-electron chi connectivity index (χ0n) is 15.6.